The van der Waals surface area contributed by atoms with Crippen molar-refractivity contribution in [3.05, 3.63) is 58.1 Å². The van der Waals surface area contributed by atoms with Crippen molar-refractivity contribution in [3.63, 3.8) is 0 Å². The number of nitrogens with zero attached hydrogens (tertiary/aromatic N) is 1. The standard InChI is InChI=1S/C30H36ClNO5/c1-35-29(34)20-5-9-27-26(14-20)32(16-21-4-7-24(21)28-15-23(33)10-12-36-28)17-30(18-37-27)11-2-3-19-13-22(31)6-8-25(19)30/h5-6,8-9,13-14,21,23-24,28,33H,2-4,7,10-12,15-18H2,1H3/t21-,23-,24+,28-,30?/m0/s1. The molecule has 1 N–H and O–H groups in total. The fraction of sp³-hybridized carbons (Fsp3) is 0.567. The molecule has 6 nitrogen and oxygen atoms in total. The summed E-state index contributed by atoms with van der Waals surface area (Å²) in [7, 11) is 1.42. The molecular weight excluding hydrogens is 490 g/mol. The summed E-state index contributed by atoms with van der Waals surface area (Å²) in [5.74, 6) is 1.38. The number of hydrogen-bond acceptors (Lipinski definition) is 6. The van der Waals surface area contributed by atoms with Crippen LogP contribution in [-0.4, -0.2) is 56.7 Å². The lowest BCUT2D eigenvalue weighted by atomic mass is 9.67. The molecule has 0 bridgehead atoms. The zero-order chi connectivity index (χ0) is 25.6. The van der Waals surface area contributed by atoms with Crippen molar-refractivity contribution >= 4 is 23.3 Å². The van der Waals surface area contributed by atoms with E-state index in [4.69, 9.17) is 25.8 Å². The molecule has 2 aromatic rings. The first kappa shape index (κ1) is 25.0. The number of rotatable bonds is 4. The molecule has 0 aromatic heterocycles. The SMILES string of the molecule is COC(=O)c1ccc2c(c1)N(C[C@@H]1CC[C@H]1[C@@H]1C[C@@H](O)CCO1)CC1(CCCc3cc(Cl)ccc31)CO2. The fourth-order valence-corrected chi connectivity index (χ4v) is 7.26. The van der Waals surface area contributed by atoms with E-state index in [1.807, 2.05) is 18.2 Å². The second-order valence-electron chi connectivity index (χ2n) is 11.4. The van der Waals surface area contributed by atoms with Crippen LogP contribution < -0.4 is 9.64 Å². The first-order chi connectivity index (χ1) is 18.0. The average Bonchev–Trinajstić information content (AvgIpc) is 3.03. The Hall–Kier alpha value is -2.28. The molecule has 5 atom stereocenters. The van der Waals surface area contributed by atoms with Crippen LogP contribution in [0.3, 0.4) is 0 Å². The highest BCUT2D eigenvalue weighted by molar-refractivity contribution is 6.30. The number of anilines is 1. The van der Waals surface area contributed by atoms with Crippen LogP contribution in [0.25, 0.3) is 0 Å². The van der Waals surface area contributed by atoms with Crippen molar-refractivity contribution in [2.24, 2.45) is 11.8 Å². The molecule has 1 spiro atoms. The van der Waals surface area contributed by atoms with Gasteiger partial charge in [0, 0.05) is 30.1 Å². The third-order valence-electron chi connectivity index (χ3n) is 9.15. The molecule has 2 fully saturated rings. The van der Waals surface area contributed by atoms with Crippen molar-refractivity contribution in [1.29, 1.82) is 0 Å². The minimum absolute atomic E-state index is 0.123. The molecule has 2 aliphatic carbocycles. The highest BCUT2D eigenvalue weighted by Gasteiger charge is 2.45. The summed E-state index contributed by atoms with van der Waals surface area (Å²) >= 11 is 6.38. The van der Waals surface area contributed by atoms with Crippen LogP contribution in [0.5, 0.6) is 5.75 Å². The van der Waals surface area contributed by atoms with Gasteiger partial charge >= 0.3 is 5.97 Å². The first-order valence-electron chi connectivity index (χ1n) is 13.6. The van der Waals surface area contributed by atoms with Crippen LogP contribution >= 0.6 is 11.6 Å². The van der Waals surface area contributed by atoms with E-state index >= 15 is 0 Å². The van der Waals surface area contributed by atoms with E-state index in [1.165, 1.54) is 18.2 Å². The first-order valence-corrected chi connectivity index (χ1v) is 14.0. The van der Waals surface area contributed by atoms with E-state index < -0.39 is 0 Å². The van der Waals surface area contributed by atoms with Crippen molar-refractivity contribution in [3.8, 4) is 5.75 Å². The number of aliphatic hydroxyl groups is 1. The van der Waals surface area contributed by atoms with E-state index in [0.717, 1.165) is 74.5 Å². The molecule has 198 valence electrons. The van der Waals surface area contributed by atoms with E-state index in [1.54, 1.807) is 6.07 Å². The van der Waals surface area contributed by atoms with Crippen LogP contribution in [0.15, 0.2) is 36.4 Å². The minimum atomic E-state index is -0.342. The number of ether oxygens (including phenoxy) is 3. The molecule has 1 unspecified atom stereocenters. The molecule has 2 heterocycles. The monoisotopic (exact) mass is 525 g/mol. The number of benzene rings is 2. The number of esters is 1. The lowest BCUT2D eigenvalue weighted by Crippen LogP contribution is -2.50. The Morgan fingerprint density at radius 2 is 2.11 bits per heavy atom. The number of aliphatic hydroxyl groups excluding tert-OH is 1. The van der Waals surface area contributed by atoms with Crippen LogP contribution in [0, 0.1) is 11.8 Å². The Balaban J connectivity index is 1.35. The van der Waals surface area contributed by atoms with Gasteiger partial charge in [-0.15, -0.1) is 0 Å². The Labute approximate surface area is 223 Å². The van der Waals surface area contributed by atoms with Crippen LogP contribution in [0.4, 0.5) is 5.69 Å². The number of hydrogen-bond donors (Lipinski definition) is 1. The van der Waals surface area contributed by atoms with Crippen molar-refractivity contribution in [1.82, 2.24) is 0 Å². The van der Waals surface area contributed by atoms with Gasteiger partial charge in [0.25, 0.3) is 0 Å². The Morgan fingerprint density at radius 3 is 2.89 bits per heavy atom. The van der Waals surface area contributed by atoms with Crippen LogP contribution in [0.2, 0.25) is 5.02 Å². The summed E-state index contributed by atoms with van der Waals surface area (Å²) in [5.41, 5.74) is 3.98. The normalized spacial score (nSPS) is 30.9. The zero-order valence-electron chi connectivity index (χ0n) is 21.5. The number of carbonyl (C=O) groups is 1. The Morgan fingerprint density at radius 1 is 1.22 bits per heavy atom. The van der Waals surface area contributed by atoms with Gasteiger partial charge in [-0.05, 0) is 98.2 Å². The number of methoxy groups -OCH3 is 1. The van der Waals surface area contributed by atoms with E-state index in [0.29, 0.717) is 30.6 Å². The number of aryl methyl sites for hydroxylation is 1. The summed E-state index contributed by atoms with van der Waals surface area (Å²) in [6.45, 7) is 2.91. The molecule has 2 aromatic carbocycles. The quantitative estimate of drug-likeness (QED) is 0.556. The molecule has 6 rings (SSSR count). The third kappa shape index (κ3) is 4.73. The topological polar surface area (TPSA) is 68.2 Å². The summed E-state index contributed by atoms with van der Waals surface area (Å²) in [6.07, 6.45) is 6.76. The molecular formula is C30H36ClNO5. The van der Waals surface area contributed by atoms with Gasteiger partial charge in [0.05, 0.1) is 37.2 Å². The second-order valence-corrected chi connectivity index (χ2v) is 11.8. The van der Waals surface area contributed by atoms with Gasteiger partial charge in [0.2, 0.25) is 0 Å². The summed E-state index contributed by atoms with van der Waals surface area (Å²) in [5, 5.41) is 11.0. The lowest BCUT2D eigenvalue weighted by Gasteiger charge is -2.47. The zero-order valence-corrected chi connectivity index (χ0v) is 22.2. The van der Waals surface area contributed by atoms with Gasteiger partial charge in [-0.3, -0.25) is 0 Å². The lowest BCUT2D eigenvalue weighted by molar-refractivity contribution is -0.101. The molecule has 0 radical (unpaired) electrons. The predicted octanol–water partition coefficient (Wildman–Crippen LogP) is 5.17. The molecule has 2 aliphatic heterocycles. The Kier molecular flexibility index (Phi) is 6.85. The number of halogens is 1. The molecule has 1 saturated heterocycles. The maximum Gasteiger partial charge on any atom is 0.337 e. The maximum absolute atomic E-state index is 12.4. The highest BCUT2D eigenvalue weighted by atomic mass is 35.5. The summed E-state index contributed by atoms with van der Waals surface area (Å²) < 4.78 is 17.7. The Bertz CT molecular complexity index is 1170. The summed E-state index contributed by atoms with van der Waals surface area (Å²) in [4.78, 5) is 14.9. The average molecular weight is 526 g/mol. The predicted molar refractivity (Wildman–Crippen MR) is 143 cm³/mol. The molecule has 37 heavy (non-hydrogen) atoms. The molecule has 7 heteroatoms. The smallest absolute Gasteiger partial charge is 0.337 e. The van der Waals surface area contributed by atoms with Gasteiger partial charge in [-0.2, -0.15) is 0 Å². The van der Waals surface area contributed by atoms with E-state index in [9.17, 15) is 9.90 Å². The van der Waals surface area contributed by atoms with Crippen LogP contribution in [-0.2, 0) is 21.3 Å². The van der Waals surface area contributed by atoms with Crippen LogP contribution in [0.1, 0.15) is 60.0 Å². The van der Waals surface area contributed by atoms with Crippen molar-refractivity contribution in [2.45, 2.75) is 62.6 Å². The fourth-order valence-electron chi connectivity index (χ4n) is 7.06. The summed E-state index contributed by atoms with van der Waals surface area (Å²) in [6, 6.07) is 11.9. The van der Waals surface area contributed by atoms with Crippen molar-refractivity contribution in [2.75, 3.05) is 38.3 Å². The molecule has 1 saturated carbocycles. The van der Waals surface area contributed by atoms with Gasteiger partial charge in [-0.25, -0.2) is 4.79 Å². The van der Waals surface area contributed by atoms with Gasteiger partial charge in [-0.1, -0.05) is 17.7 Å². The molecule has 0 amide bonds. The third-order valence-corrected chi connectivity index (χ3v) is 9.39. The minimum Gasteiger partial charge on any atom is -0.490 e. The van der Waals surface area contributed by atoms with Crippen molar-refractivity contribution < 1.29 is 24.1 Å². The number of fused-ring (bicyclic) bond motifs is 3. The van der Waals surface area contributed by atoms with Gasteiger partial charge in [0.1, 0.15) is 5.75 Å². The van der Waals surface area contributed by atoms with E-state index in [2.05, 4.69) is 17.0 Å². The van der Waals surface area contributed by atoms with Gasteiger partial charge < -0.3 is 24.2 Å². The largest absolute Gasteiger partial charge is 0.490 e. The molecule has 4 aliphatic rings. The van der Waals surface area contributed by atoms with E-state index in [-0.39, 0.29) is 23.6 Å². The highest BCUT2D eigenvalue weighted by Crippen LogP contribution is 2.47. The maximum atomic E-state index is 12.4. The second kappa shape index (κ2) is 10.1. The number of carbonyl (C=O) groups excluding carboxylic acids is 1. The van der Waals surface area contributed by atoms with Gasteiger partial charge in [0.15, 0.2) is 0 Å².